The highest BCUT2D eigenvalue weighted by Gasteiger charge is 2.63. The summed E-state index contributed by atoms with van der Waals surface area (Å²) in [5.74, 6) is 1.76. The summed E-state index contributed by atoms with van der Waals surface area (Å²) in [7, 11) is 0. The van der Waals surface area contributed by atoms with Gasteiger partial charge in [-0.2, -0.15) is 0 Å². The average molecular weight is 671 g/mol. The van der Waals surface area contributed by atoms with Gasteiger partial charge in [0.15, 0.2) is 6.61 Å². The van der Waals surface area contributed by atoms with Crippen molar-refractivity contribution in [2.45, 2.75) is 103 Å². The van der Waals surface area contributed by atoms with Crippen molar-refractivity contribution in [1.82, 2.24) is 15.6 Å². The van der Waals surface area contributed by atoms with Gasteiger partial charge < -0.3 is 30.7 Å². The SMILES string of the molecule is C#C[C@@]1(O)CC[C@@H]2[C@@H]3CCC4=CC(=NOCC(=O)N[C@H](C(=O)N[C@H](Cc5c[nH]c6ccccc56)C(=O)O)C(C)C)CC[C@]4(C)[C@@H]3CC[C@@]21C. The molecule has 2 aromatic rings. The highest BCUT2D eigenvalue weighted by Crippen LogP contribution is 2.67. The van der Waals surface area contributed by atoms with E-state index in [-0.39, 0.29) is 29.8 Å². The number of terminal acetylenes is 1. The van der Waals surface area contributed by atoms with E-state index < -0.39 is 35.5 Å². The van der Waals surface area contributed by atoms with Crippen LogP contribution in [0.5, 0.6) is 0 Å². The Bertz CT molecular complexity index is 1720. The van der Waals surface area contributed by atoms with Crippen LogP contribution in [0.1, 0.15) is 84.6 Å². The number of aromatic nitrogens is 1. The zero-order chi connectivity index (χ0) is 35.1. The van der Waals surface area contributed by atoms with Gasteiger partial charge in [-0.3, -0.25) is 9.59 Å². The lowest BCUT2D eigenvalue weighted by Crippen LogP contribution is -2.54. The Balaban J connectivity index is 1.04. The first-order chi connectivity index (χ1) is 23.3. The smallest absolute Gasteiger partial charge is 0.326 e. The number of H-pyrrole nitrogens is 1. The quantitative estimate of drug-likeness (QED) is 0.175. The molecule has 8 atom stereocenters. The molecule has 10 nitrogen and oxygen atoms in total. The van der Waals surface area contributed by atoms with E-state index in [9.17, 15) is 24.6 Å². The number of carboxylic acid groups (broad SMARTS) is 1. The average Bonchev–Trinajstić information content (AvgIpc) is 3.60. The Morgan fingerprint density at radius 2 is 1.84 bits per heavy atom. The summed E-state index contributed by atoms with van der Waals surface area (Å²) in [6.07, 6.45) is 17.3. The lowest BCUT2D eigenvalue weighted by molar-refractivity contribution is -0.142. The summed E-state index contributed by atoms with van der Waals surface area (Å²) in [4.78, 5) is 46.9. The summed E-state index contributed by atoms with van der Waals surface area (Å²) in [5, 5.41) is 31.7. The van der Waals surface area contributed by atoms with Crippen LogP contribution in [0, 0.1) is 46.8 Å². The number of aliphatic carboxylic acids is 1. The number of nitrogens with one attached hydrogen (secondary N) is 3. The van der Waals surface area contributed by atoms with Crippen LogP contribution >= 0.6 is 0 Å². The zero-order valence-electron chi connectivity index (χ0n) is 29.1. The van der Waals surface area contributed by atoms with E-state index in [0.29, 0.717) is 24.2 Å². The minimum atomic E-state index is -1.17. The molecule has 0 unspecified atom stereocenters. The molecule has 0 aliphatic heterocycles. The van der Waals surface area contributed by atoms with E-state index in [1.807, 2.05) is 24.3 Å². The van der Waals surface area contributed by atoms with E-state index in [2.05, 4.69) is 46.6 Å². The Labute approximate surface area is 288 Å². The molecule has 6 rings (SSSR count). The number of benzene rings is 1. The molecular weight excluding hydrogens is 620 g/mol. The number of hydrogen-bond acceptors (Lipinski definition) is 6. The van der Waals surface area contributed by atoms with Gasteiger partial charge in [-0.05, 0) is 98.2 Å². The molecular formula is C39H50N4O6. The number of hydrogen-bond donors (Lipinski definition) is 5. The summed E-state index contributed by atoms with van der Waals surface area (Å²) in [6.45, 7) is 7.81. The highest BCUT2D eigenvalue weighted by atomic mass is 16.6. The maximum absolute atomic E-state index is 13.2. The van der Waals surface area contributed by atoms with Crippen LogP contribution in [-0.4, -0.2) is 63.0 Å². The van der Waals surface area contributed by atoms with Crippen molar-refractivity contribution in [3.05, 3.63) is 47.7 Å². The van der Waals surface area contributed by atoms with Crippen molar-refractivity contribution in [1.29, 1.82) is 0 Å². The number of carbonyl (C=O) groups is 3. The summed E-state index contributed by atoms with van der Waals surface area (Å²) < 4.78 is 0. The van der Waals surface area contributed by atoms with Crippen LogP contribution in [0.25, 0.3) is 10.9 Å². The maximum atomic E-state index is 13.2. The van der Waals surface area contributed by atoms with Crippen LogP contribution in [0.3, 0.4) is 0 Å². The highest BCUT2D eigenvalue weighted by molar-refractivity contribution is 5.96. The Hall–Kier alpha value is -4.10. The van der Waals surface area contributed by atoms with Crippen LogP contribution in [0.15, 0.2) is 47.3 Å². The largest absolute Gasteiger partial charge is 0.480 e. The number of carboxylic acids is 1. The van der Waals surface area contributed by atoms with Gasteiger partial charge in [0, 0.05) is 28.9 Å². The molecule has 10 heteroatoms. The second kappa shape index (κ2) is 13.3. The number of nitrogens with zero attached hydrogens (tertiary/aromatic N) is 1. The molecule has 3 fully saturated rings. The molecule has 0 radical (unpaired) electrons. The molecule has 0 spiro atoms. The molecule has 0 bridgehead atoms. The molecule has 4 aliphatic rings. The minimum absolute atomic E-state index is 0.0668. The number of para-hydroxylation sites is 1. The third kappa shape index (κ3) is 6.27. The summed E-state index contributed by atoms with van der Waals surface area (Å²) in [6, 6.07) is 5.45. The molecule has 3 saturated carbocycles. The Morgan fingerprint density at radius 3 is 2.57 bits per heavy atom. The van der Waals surface area contributed by atoms with Crippen LogP contribution < -0.4 is 10.6 Å². The molecule has 49 heavy (non-hydrogen) atoms. The number of rotatable bonds is 10. The van der Waals surface area contributed by atoms with E-state index in [4.69, 9.17) is 11.3 Å². The number of amides is 2. The van der Waals surface area contributed by atoms with E-state index in [0.717, 1.165) is 67.1 Å². The Morgan fingerprint density at radius 1 is 1.08 bits per heavy atom. The van der Waals surface area contributed by atoms with E-state index in [1.54, 1.807) is 20.0 Å². The number of carbonyl (C=O) groups excluding carboxylic acids is 2. The monoisotopic (exact) mass is 670 g/mol. The van der Waals surface area contributed by atoms with Gasteiger partial charge in [-0.15, -0.1) is 6.42 Å². The van der Waals surface area contributed by atoms with Crippen molar-refractivity contribution in [3.8, 4) is 12.3 Å². The molecule has 0 saturated heterocycles. The number of aromatic amines is 1. The lowest BCUT2D eigenvalue weighted by Gasteiger charge is -2.58. The summed E-state index contributed by atoms with van der Waals surface area (Å²) in [5.41, 5.74) is 2.70. The number of fused-ring (bicyclic) bond motifs is 6. The predicted molar refractivity (Wildman–Crippen MR) is 187 cm³/mol. The number of allylic oxidation sites excluding steroid dienone is 2. The standard InChI is InChI=1S/C39H50N4O6/c1-6-39(48)18-15-30-28-12-11-25-20-26(13-16-37(25,4)29(28)14-17-38(30,39)5)43-49-22-33(44)42-34(23(2)3)35(45)41-32(36(46)47)19-24-21-40-31-10-8-7-9-27(24)31/h1,7-10,20-21,23,28-30,32,34,40,48H,11-19,22H2,2-5H3,(H,41,45)(H,42,44)(H,46,47)/t28-,29-,30-,32-,34+,37+,38+,39-/m1/s1. The molecule has 1 aromatic carbocycles. The predicted octanol–water partition coefficient (Wildman–Crippen LogP) is 5.12. The van der Waals surface area contributed by atoms with Gasteiger partial charge in [0.2, 0.25) is 5.91 Å². The fourth-order valence-electron chi connectivity index (χ4n) is 9.80. The van der Waals surface area contributed by atoms with Crippen molar-refractivity contribution in [3.63, 3.8) is 0 Å². The number of aliphatic hydroxyl groups is 1. The second-order valence-corrected chi connectivity index (χ2v) is 15.6. The molecule has 262 valence electrons. The number of oxime groups is 1. The minimum Gasteiger partial charge on any atom is -0.480 e. The van der Waals surface area contributed by atoms with Crippen molar-refractivity contribution in [2.75, 3.05) is 6.61 Å². The summed E-state index contributed by atoms with van der Waals surface area (Å²) >= 11 is 0. The first-order valence-electron chi connectivity index (χ1n) is 17.8. The van der Waals surface area contributed by atoms with Gasteiger partial charge in [0.05, 0.1) is 5.71 Å². The fourth-order valence-corrected chi connectivity index (χ4v) is 9.80. The Kier molecular flexibility index (Phi) is 9.44. The van der Waals surface area contributed by atoms with Gasteiger partial charge in [-0.1, -0.05) is 62.5 Å². The van der Waals surface area contributed by atoms with Crippen LogP contribution in [-0.2, 0) is 25.6 Å². The topological polar surface area (TPSA) is 153 Å². The fraction of sp³-hybridized carbons (Fsp3) is 0.590. The molecule has 1 aromatic heterocycles. The lowest BCUT2D eigenvalue weighted by atomic mass is 9.46. The van der Waals surface area contributed by atoms with E-state index in [1.165, 1.54) is 5.57 Å². The first-order valence-corrected chi connectivity index (χ1v) is 17.8. The molecule has 2 amide bonds. The first kappa shape index (κ1) is 34.8. The van der Waals surface area contributed by atoms with Crippen molar-refractivity contribution < 1.29 is 29.4 Å². The third-order valence-electron chi connectivity index (χ3n) is 12.7. The maximum Gasteiger partial charge on any atom is 0.326 e. The van der Waals surface area contributed by atoms with Crippen molar-refractivity contribution in [2.24, 2.45) is 39.7 Å². The third-order valence-corrected chi connectivity index (χ3v) is 12.7. The molecule has 4 aliphatic carbocycles. The van der Waals surface area contributed by atoms with Gasteiger partial charge in [-0.25, -0.2) is 4.79 Å². The van der Waals surface area contributed by atoms with Gasteiger partial charge >= 0.3 is 5.97 Å². The second-order valence-electron chi connectivity index (χ2n) is 15.6. The molecule has 5 N–H and O–H groups in total. The van der Waals surface area contributed by atoms with Crippen molar-refractivity contribution >= 4 is 34.4 Å². The van der Waals surface area contributed by atoms with E-state index >= 15 is 0 Å². The molecule has 1 heterocycles. The zero-order valence-corrected chi connectivity index (χ0v) is 29.1. The van der Waals surface area contributed by atoms with Crippen LogP contribution in [0.2, 0.25) is 0 Å². The van der Waals surface area contributed by atoms with Crippen LogP contribution in [0.4, 0.5) is 0 Å². The van der Waals surface area contributed by atoms with Gasteiger partial charge in [0.1, 0.15) is 17.7 Å². The van der Waals surface area contributed by atoms with Gasteiger partial charge in [0.25, 0.3) is 5.91 Å². The normalized spacial score (nSPS) is 32.6.